The molecule has 2 aromatic carbocycles. The van der Waals surface area contributed by atoms with E-state index < -0.39 is 0 Å². The average molecular weight is 274 g/mol. The van der Waals surface area contributed by atoms with E-state index in [2.05, 4.69) is 0 Å². The maximum Gasteiger partial charge on any atom is 0.147 e. The van der Waals surface area contributed by atoms with E-state index in [1.54, 1.807) is 18.1 Å². The fourth-order valence-electron chi connectivity index (χ4n) is 2.02. The van der Waals surface area contributed by atoms with Gasteiger partial charge in [0.05, 0.1) is 12.8 Å². The lowest BCUT2D eigenvalue weighted by Crippen LogP contribution is -2.12. The largest absolute Gasteiger partial charge is 0.497 e. The molecule has 4 heteroatoms. The second kappa shape index (κ2) is 5.92. The van der Waals surface area contributed by atoms with Gasteiger partial charge in [0.15, 0.2) is 0 Å². The molecule has 2 aromatic rings. The van der Waals surface area contributed by atoms with Crippen molar-refractivity contribution in [1.82, 2.24) is 0 Å². The average Bonchev–Trinajstić information content (AvgIpc) is 2.46. The minimum absolute atomic E-state index is 0.176. The summed E-state index contributed by atoms with van der Waals surface area (Å²) in [5.74, 6) is 0.494. The van der Waals surface area contributed by atoms with E-state index in [9.17, 15) is 4.39 Å². The van der Waals surface area contributed by atoms with Crippen molar-refractivity contribution in [2.45, 2.75) is 13.0 Å². The SMILES string of the molecule is COc1ccc(N(C)c2ccc([C@@H](C)N)cc2F)cc1. The van der Waals surface area contributed by atoms with Crippen LogP contribution in [0.4, 0.5) is 15.8 Å². The van der Waals surface area contributed by atoms with Crippen molar-refractivity contribution in [2.75, 3.05) is 19.1 Å². The van der Waals surface area contributed by atoms with Crippen LogP contribution in [0.15, 0.2) is 42.5 Å². The zero-order valence-corrected chi connectivity index (χ0v) is 11.9. The molecule has 0 saturated carbocycles. The molecule has 0 heterocycles. The van der Waals surface area contributed by atoms with Crippen molar-refractivity contribution < 1.29 is 9.13 Å². The van der Waals surface area contributed by atoms with Gasteiger partial charge in [-0.05, 0) is 48.9 Å². The fraction of sp³-hybridized carbons (Fsp3) is 0.250. The van der Waals surface area contributed by atoms with Crippen molar-refractivity contribution in [2.24, 2.45) is 5.73 Å². The molecule has 0 aliphatic carbocycles. The minimum atomic E-state index is -0.280. The summed E-state index contributed by atoms with van der Waals surface area (Å²) in [7, 11) is 3.44. The summed E-state index contributed by atoms with van der Waals surface area (Å²) in [4.78, 5) is 1.79. The number of hydrogen-bond acceptors (Lipinski definition) is 3. The second-order valence-corrected chi connectivity index (χ2v) is 4.76. The number of rotatable bonds is 4. The van der Waals surface area contributed by atoms with E-state index in [1.807, 2.05) is 44.3 Å². The van der Waals surface area contributed by atoms with E-state index in [-0.39, 0.29) is 11.9 Å². The molecular formula is C16H19FN2O. The number of nitrogens with two attached hydrogens (primary N) is 1. The van der Waals surface area contributed by atoms with Crippen LogP contribution < -0.4 is 15.4 Å². The van der Waals surface area contributed by atoms with E-state index >= 15 is 0 Å². The number of benzene rings is 2. The molecule has 2 rings (SSSR count). The third kappa shape index (κ3) is 2.91. The monoisotopic (exact) mass is 274 g/mol. The normalized spacial score (nSPS) is 12.1. The van der Waals surface area contributed by atoms with Crippen LogP contribution in [-0.2, 0) is 0 Å². The first-order valence-corrected chi connectivity index (χ1v) is 6.45. The molecule has 2 N–H and O–H groups in total. The molecule has 0 amide bonds. The molecule has 106 valence electrons. The molecule has 0 unspecified atom stereocenters. The van der Waals surface area contributed by atoms with Crippen molar-refractivity contribution in [3.05, 3.63) is 53.8 Å². The Balaban J connectivity index is 2.30. The van der Waals surface area contributed by atoms with Crippen LogP contribution in [0.5, 0.6) is 5.75 Å². The Hall–Kier alpha value is -2.07. The van der Waals surface area contributed by atoms with Gasteiger partial charge >= 0.3 is 0 Å². The van der Waals surface area contributed by atoms with Gasteiger partial charge in [-0.15, -0.1) is 0 Å². The summed E-state index contributed by atoms with van der Waals surface area (Å²) in [5.41, 5.74) is 7.94. The Labute approximate surface area is 118 Å². The quantitative estimate of drug-likeness (QED) is 0.925. The molecule has 0 radical (unpaired) electrons. The molecule has 0 aliphatic heterocycles. The van der Waals surface area contributed by atoms with Gasteiger partial charge in [-0.25, -0.2) is 4.39 Å². The predicted octanol–water partition coefficient (Wildman–Crippen LogP) is 3.62. The summed E-state index contributed by atoms with van der Waals surface area (Å²) in [6.07, 6.45) is 0. The molecule has 1 atom stereocenters. The van der Waals surface area contributed by atoms with Crippen LogP contribution in [0.2, 0.25) is 0 Å². The molecule has 0 aliphatic rings. The lowest BCUT2D eigenvalue weighted by Gasteiger charge is -2.21. The van der Waals surface area contributed by atoms with Gasteiger partial charge in [0.2, 0.25) is 0 Å². The van der Waals surface area contributed by atoms with Crippen LogP contribution in [0.1, 0.15) is 18.5 Å². The summed E-state index contributed by atoms with van der Waals surface area (Å²) in [6, 6.07) is 12.4. The lowest BCUT2D eigenvalue weighted by molar-refractivity contribution is 0.415. The highest BCUT2D eigenvalue weighted by atomic mass is 19.1. The van der Waals surface area contributed by atoms with E-state index in [0.29, 0.717) is 5.69 Å². The minimum Gasteiger partial charge on any atom is -0.497 e. The van der Waals surface area contributed by atoms with Gasteiger partial charge < -0.3 is 15.4 Å². The molecule has 3 nitrogen and oxygen atoms in total. The zero-order valence-electron chi connectivity index (χ0n) is 11.9. The maximum atomic E-state index is 14.2. The molecule has 20 heavy (non-hydrogen) atoms. The highest BCUT2D eigenvalue weighted by molar-refractivity contribution is 5.64. The zero-order chi connectivity index (χ0) is 14.7. The standard InChI is InChI=1S/C16H19FN2O/c1-11(18)12-4-9-16(15(17)10-12)19(2)13-5-7-14(20-3)8-6-13/h4-11H,18H2,1-3H3/t11-/m1/s1. The number of ether oxygens (including phenoxy) is 1. The molecule has 0 fully saturated rings. The smallest absolute Gasteiger partial charge is 0.147 e. The van der Waals surface area contributed by atoms with Gasteiger partial charge in [0.1, 0.15) is 11.6 Å². The molecule has 0 spiro atoms. The molecule has 0 bridgehead atoms. The third-order valence-electron chi connectivity index (χ3n) is 3.32. The van der Waals surface area contributed by atoms with Crippen LogP contribution in [0.3, 0.4) is 0 Å². The van der Waals surface area contributed by atoms with Crippen LogP contribution in [-0.4, -0.2) is 14.2 Å². The summed E-state index contributed by atoms with van der Waals surface area (Å²) >= 11 is 0. The number of methoxy groups -OCH3 is 1. The first-order valence-electron chi connectivity index (χ1n) is 6.45. The summed E-state index contributed by atoms with van der Waals surface area (Å²) < 4.78 is 19.3. The van der Waals surface area contributed by atoms with Crippen LogP contribution in [0.25, 0.3) is 0 Å². The highest BCUT2D eigenvalue weighted by Crippen LogP contribution is 2.29. The first-order chi connectivity index (χ1) is 9.52. The summed E-state index contributed by atoms with van der Waals surface area (Å²) in [6.45, 7) is 1.83. The fourth-order valence-corrected chi connectivity index (χ4v) is 2.02. The van der Waals surface area contributed by atoms with E-state index in [4.69, 9.17) is 10.5 Å². The van der Waals surface area contributed by atoms with Gasteiger partial charge in [-0.1, -0.05) is 6.07 Å². The Morgan fingerprint density at radius 3 is 2.30 bits per heavy atom. The van der Waals surface area contributed by atoms with Gasteiger partial charge in [-0.3, -0.25) is 0 Å². The number of halogens is 1. The van der Waals surface area contributed by atoms with Crippen LogP contribution >= 0.6 is 0 Å². The van der Waals surface area contributed by atoms with Gasteiger partial charge in [0.25, 0.3) is 0 Å². The maximum absolute atomic E-state index is 14.2. The predicted molar refractivity (Wildman–Crippen MR) is 80.1 cm³/mol. The van der Waals surface area contributed by atoms with E-state index in [0.717, 1.165) is 17.0 Å². The Morgan fingerprint density at radius 1 is 1.15 bits per heavy atom. The number of anilines is 2. The van der Waals surface area contributed by atoms with Crippen LogP contribution in [0, 0.1) is 5.82 Å². The second-order valence-electron chi connectivity index (χ2n) is 4.76. The topological polar surface area (TPSA) is 38.5 Å². The van der Waals surface area contributed by atoms with Crippen molar-refractivity contribution >= 4 is 11.4 Å². The van der Waals surface area contributed by atoms with Crippen molar-refractivity contribution in [1.29, 1.82) is 0 Å². The van der Waals surface area contributed by atoms with Gasteiger partial charge in [-0.2, -0.15) is 0 Å². The highest BCUT2D eigenvalue weighted by Gasteiger charge is 2.11. The lowest BCUT2D eigenvalue weighted by atomic mass is 10.1. The molecule has 0 aromatic heterocycles. The molecular weight excluding hydrogens is 255 g/mol. The summed E-state index contributed by atoms with van der Waals surface area (Å²) in [5, 5.41) is 0. The molecule has 0 saturated heterocycles. The third-order valence-corrected chi connectivity index (χ3v) is 3.32. The number of nitrogens with zero attached hydrogens (tertiary/aromatic N) is 1. The Morgan fingerprint density at radius 2 is 1.80 bits per heavy atom. The Kier molecular flexibility index (Phi) is 4.25. The number of hydrogen-bond donors (Lipinski definition) is 1. The first kappa shape index (κ1) is 14.3. The van der Waals surface area contributed by atoms with Crippen molar-refractivity contribution in [3.8, 4) is 5.75 Å². The van der Waals surface area contributed by atoms with E-state index in [1.165, 1.54) is 6.07 Å². The van der Waals surface area contributed by atoms with Crippen molar-refractivity contribution in [3.63, 3.8) is 0 Å². The Bertz CT molecular complexity index is 582. The van der Waals surface area contributed by atoms with Gasteiger partial charge in [0, 0.05) is 18.8 Å².